The fraction of sp³-hybridized carbons (Fsp3) is 0.440. The first-order chi connectivity index (χ1) is 16.9. The number of carbonyl (C=O) groups excluding carboxylic acids is 2. The Morgan fingerprint density at radius 1 is 0.971 bits per heavy atom. The summed E-state index contributed by atoms with van der Waals surface area (Å²) >= 11 is 0. The summed E-state index contributed by atoms with van der Waals surface area (Å²) in [6, 6.07) is 9.14. The Bertz CT molecular complexity index is 990. The van der Waals surface area contributed by atoms with Crippen LogP contribution in [0.4, 0.5) is 4.39 Å². The number of carbonyl (C=O) groups is 2. The van der Waals surface area contributed by atoms with Crippen LogP contribution in [0.2, 0.25) is 0 Å². The molecule has 0 N–H and O–H groups in total. The lowest BCUT2D eigenvalue weighted by atomic mass is 10.1. The third kappa shape index (κ3) is 6.75. The zero-order valence-corrected chi connectivity index (χ0v) is 20.4. The van der Waals surface area contributed by atoms with Crippen molar-refractivity contribution >= 4 is 11.9 Å². The van der Waals surface area contributed by atoms with Crippen molar-refractivity contribution in [2.24, 2.45) is 0 Å². The van der Waals surface area contributed by atoms with Crippen LogP contribution in [0.5, 0.6) is 23.0 Å². The van der Waals surface area contributed by atoms with Crippen LogP contribution in [0.15, 0.2) is 36.4 Å². The minimum Gasteiger partial charge on any atom is -0.493 e. The topological polar surface area (TPSA) is 86.8 Å². The number of benzene rings is 2. The van der Waals surface area contributed by atoms with E-state index in [2.05, 4.69) is 4.90 Å². The van der Waals surface area contributed by atoms with Crippen molar-refractivity contribution in [3.8, 4) is 23.0 Å². The van der Waals surface area contributed by atoms with Crippen LogP contribution in [0.3, 0.4) is 0 Å². The van der Waals surface area contributed by atoms with Gasteiger partial charge in [-0.05, 0) is 17.7 Å². The summed E-state index contributed by atoms with van der Waals surface area (Å²) in [6.07, 6.45) is 0.0618. The highest BCUT2D eigenvalue weighted by Gasteiger charge is 2.32. The van der Waals surface area contributed by atoms with Gasteiger partial charge in [0.25, 0.3) is 5.91 Å². The van der Waals surface area contributed by atoms with Gasteiger partial charge < -0.3 is 28.6 Å². The number of hydrogen-bond acceptors (Lipinski definition) is 8. The molecular formula is C25H31FN2O7. The van der Waals surface area contributed by atoms with E-state index in [4.69, 9.17) is 23.7 Å². The van der Waals surface area contributed by atoms with Gasteiger partial charge >= 0.3 is 5.97 Å². The van der Waals surface area contributed by atoms with Gasteiger partial charge in [-0.25, -0.2) is 4.39 Å². The van der Waals surface area contributed by atoms with Crippen molar-refractivity contribution in [2.45, 2.75) is 19.0 Å². The highest BCUT2D eigenvalue weighted by Crippen LogP contribution is 2.40. The summed E-state index contributed by atoms with van der Waals surface area (Å²) in [5.41, 5.74) is 0.953. The maximum atomic E-state index is 13.2. The number of amides is 1. The summed E-state index contributed by atoms with van der Waals surface area (Å²) in [7, 11) is 5.81. The Labute approximate surface area is 204 Å². The van der Waals surface area contributed by atoms with Crippen molar-refractivity contribution in [2.75, 3.05) is 54.7 Å². The summed E-state index contributed by atoms with van der Waals surface area (Å²) in [6.45, 7) is 1.85. The van der Waals surface area contributed by atoms with Crippen LogP contribution in [0.1, 0.15) is 12.0 Å². The molecule has 3 rings (SSSR count). The molecule has 1 saturated heterocycles. The van der Waals surface area contributed by atoms with E-state index >= 15 is 0 Å². The van der Waals surface area contributed by atoms with Gasteiger partial charge in [0.2, 0.25) is 5.75 Å². The average molecular weight is 491 g/mol. The predicted octanol–water partition coefficient (Wildman–Crippen LogP) is 2.51. The van der Waals surface area contributed by atoms with Crippen LogP contribution >= 0.6 is 0 Å². The maximum Gasteiger partial charge on any atom is 0.307 e. The minimum atomic E-state index is -0.401. The molecule has 1 unspecified atom stereocenters. The molecule has 1 fully saturated rings. The number of piperazine rings is 1. The van der Waals surface area contributed by atoms with Crippen LogP contribution in [-0.2, 0) is 20.9 Å². The van der Waals surface area contributed by atoms with E-state index in [1.807, 2.05) is 0 Å². The van der Waals surface area contributed by atoms with Gasteiger partial charge in [-0.3, -0.25) is 14.5 Å². The Hall–Kier alpha value is -3.53. The molecule has 1 aliphatic heterocycles. The molecule has 1 aliphatic rings. The Balaban J connectivity index is 1.68. The van der Waals surface area contributed by atoms with E-state index in [1.54, 1.807) is 29.2 Å². The largest absolute Gasteiger partial charge is 0.493 e. The lowest BCUT2D eigenvalue weighted by Gasteiger charge is -2.41. The van der Waals surface area contributed by atoms with Crippen molar-refractivity contribution in [1.29, 1.82) is 0 Å². The summed E-state index contributed by atoms with van der Waals surface area (Å²) in [4.78, 5) is 28.9. The zero-order chi connectivity index (χ0) is 25.4. The molecule has 0 saturated carbocycles. The van der Waals surface area contributed by atoms with Crippen molar-refractivity contribution in [1.82, 2.24) is 9.80 Å². The Morgan fingerprint density at radius 3 is 2.20 bits per heavy atom. The summed E-state index contributed by atoms with van der Waals surface area (Å²) in [5.74, 6) is 0.673. The third-order valence-corrected chi connectivity index (χ3v) is 5.84. The molecule has 0 bridgehead atoms. The monoisotopic (exact) mass is 490 g/mol. The molecule has 2 aromatic rings. The maximum absolute atomic E-state index is 13.2. The molecule has 0 aromatic heterocycles. The van der Waals surface area contributed by atoms with Crippen LogP contribution in [-0.4, -0.2) is 82.4 Å². The van der Waals surface area contributed by atoms with E-state index in [-0.39, 0.29) is 30.8 Å². The number of nitrogens with zero attached hydrogens (tertiary/aromatic N) is 2. The lowest BCUT2D eigenvalue weighted by molar-refractivity contribution is -0.146. The van der Waals surface area contributed by atoms with Gasteiger partial charge in [-0.2, -0.15) is 0 Å². The van der Waals surface area contributed by atoms with E-state index in [1.165, 1.54) is 40.6 Å². The molecule has 190 valence electrons. The highest BCUT2D eigenvalue weighted by atomic mass is 19.1. The summed E-state index contributed by atoms with van der Waals surface area (Å²) in [5, 5.41) is 0. The molecule has 9 nitrogen and oxygen atoms in total. The van der Waals surface area contributed by atoms with Gasteiger partial charge in [-0.15, -0.1) is 0 Å². The number of esters is 1. The van der Waals surface area contributed by atoms with Crippen LogP contribution < -0.4 is 18.9 Å². The van der Waals surface area contributed by atoms with E-state index in [0.717, 1.165) is 5.56 Å². The van der Waals surface area contributed by atoms with E-state index < -0.39 is 5.97 Å². The second kappa shape index (κ2) is 12.3. The highest BCUT2D eigenvalue weighted by molar-refractivity contribution is 5.79. The Kier molecular flexibility index (Phi) is 9.13. The molecule has 0 aliphatic carbocycles. The van der Waals surface area contributed by atoms with Gasteiger partial charge in [0.05, 0.1) is 40.9 Å². The second-order valence-electron chi connectivity index (χ2n) is 8.03. The van der Waals surface area contributed by atoms with Crippen molar-refractivity contribution < 1.29 is 37.7 Å². The molecule has 1 amide bonds. The van der Waals surface area contributed by atoms with Gasteiger partial charge in [0, 0.05) is 38.3 Å². The van der Waals surface area contributed by atoms with Gasteiger partial charge in [0.15, 0.2) is 18.1 Å². The molecule has 0 spiro atoms. The molecule has 1 atom stereocenters. The summed E-state index contributed by atoms with van der Waals surface area (Å²) < 4.78 is 39.8. The first kappa shape index (κ1) is 26.1. The normalized spacial score (nSPS) is 15.9. The quantitative estimate of drug-likeness (QED) is 0.470. The standard InChI is InChI=1S/C25H31FN2O7/c1-31-21-12-20(13-22(32-2)25(21)34-4)35-16-23(29)28-10-9-27(15-19(28)11-24(30)33-3)14-17-5-7-18(26)8-6-17/h5-8,12-13,19H,9-11,14-16H2,1-4H3. The van der Waals surface area contributed by atoms with Crippen LogP contribution in [0, 0.1) is 5.82 Å². The van der Waals surface area contributed by atoms with Crippen molar-refractivity contribution in [3.05, 3.63) is 47.8 Å². The van der Waals surface area contributed by atoms with Crippen molar-refractivity contribution in [3.63, 3.8) is 0 Å². The molecule has 2 aromatic carbocycles. The fourth-order valence-corrected chi connectivity index (χ4v) is 4.06. The molecule has 35 heavy (non-hydrogen) atoms. The smallest absolute Gasteiger partial charge is 0.307 e. The predicted molar refractivity (Wildman–Crippen MR) is 125 cm³/mol. The minimum absolute atomic E-state index is 0.0618. The first-order valence-corrected chi connectivity index (χ1v) is 11.1. The first-order valence-electron chi connectivity index (χ1n) is 11.1. The third-order valence-electron chi connectivity index (χ3n) is 5.84. The zero-order valence-electron chi connectivity index (χ0n) is 20.4. The molecular weight excluding hydrogens is 459 g/mol. The van der Waals surface area contributed by atoms with Gasteiger partial charge in [0.1, 0.15) is 11.6 Å². The van der Waals surface area contributed by atoms with E-state index in [0.29, 0.717) is 49.2 Å². The van der Waals surface area contributed by atoms with Gasteiger partial charge in [-0.1, -0.05) is 12.1 Å². The number of methoxy groups -OCH3 is 4. The molecule has 10 heteroatoms. The second-order valence-corrected chi connectivity index (χ2v) is 8.03. The number of halogens is 1. The number of ether oxygens (including phenoxy) is 5. The number of hydrogen-bond donors (Lipinski definition) is 0. The van der Waals surface area contributed by atoms with Crippen LogP contribution in [0.25, 0.3) is 0 Å². The number of rotatable bonds is 10. The van der Waals surface area contributed by atoms with E-state index in [9.17, 15) is 14.0 Å². The fourth-order valence-electron chi connectivity index (χ4n) is 4.06. The average Bonchev–Trinajstić information content (AvgIpc) is 2.87. The molecule has 0 radical (unpaired) electrons. The SMILES string of the molecule is COC(=O)CC1CN(Cc2ccc(F)cc2)CCN1C(=O)COc1cc(OC)c(OC)c(OC)c1. The lowest BCUT2D eigenvalue weighted by Crippen LogP contribution is -2.56. The molecule has 1 heterocycles. The Morgan fingerprint density at radius 2 is 1.63 bits per heavy atom.